The Morgan fingerprint density at radius 1 is 1.20 bits per heavy atom. The molecule has 0 saturated carbocycles. The number of halogens is 1. The number of nitro benzene ring substituents is 1. The fourth-order valence-corrected chi connectivity index (χ4v) is 1.27. The van der Waals surface area contributed by atoms with E-state index in [1.807, 2.05) is 12.1 Å². The van der Waals surface area contributed by atoms with E-state index in [9.17, 15) is 10.1 Å². The maximum atomic E-state index is 10.4. The van der Waals surface area contributed by atoms with E-state index in [1.54, 1.807) is 12.1 Å². The molecule has 1 aromatic rings. The van der Waals surface area contributed by atoms with E-state index >= 15 is 0 Å². The van der Waals surface area contributed by atoms with Crippen LogP contribution in [0.3, 0.4) is 0 Å². The lowest BCUT2D eigenvalue weighted by molar-refractivity contribution is -0.884. The molecule has 0 amide bonds. The Kier molecular flexibility index (Phi) is 4.71. The van der Waals surface area contributed by atoms with Crippen molar-refractivity contribution < 1.29 is 21.8 Å². The van der Waals surface area contributed by atoms with Crippen molar-refractivity contribution in [2.75, 3.05) is 21.1 Å². The second-order valence-corrected chi connectivity index (χ2v) is 4.37. The second-order valence-electron chi connectivity index (χ2n) is 4.37. The van der Waals surface area contributed by atoms with E-state index in [1.165, 1.54) is 0 Å². The van der Waals surface area contributed by atoms with Gasteiger partial charge in [-0.3, -0.25) is 10.1 Å². The molecule has 0 spiro atoms. The predicted molar refractivity (Wildman–Crippen MR) is 54.8 cm³/mol. The van der Waals surface area contributed by atoms with Gasteiger partial charge in [0, 0.05) is 17.7 Å². The first kappa shape index (κ1) is 13.9. The molecule has 0 heterocycles. The maximum absolute atomic E-state index is 10.4. The quantitative estimate of drug-likeness (QED) is 0.372. The van der Waals surface area contributed by atoms with Crippen LogP contribution in [0, 0.1) is 10.1 Å². The zero-order valence-corrected chi connectivity index (χ0v) is 9.86. The van der Waals surface area contributed by atoms with Crippen LogP contribution in [0.4, 0.5) is 5.69 Å². The molecule has 1 aromatic carbocycles. The van der Waals surface area contributed by atoms with Gasteiger partial charge < -0.3 is 16.9 Å². The van der Waals surface area contributed by atoms with Gasteiger partial charge in [-0.1, -0.05) is 0 Å². The summed E-state index contributed by atoms with van der Waals surface area (Å²) in [5.41, 5.74) is 1.26. The highest BCUT2D eigenvalue weighted by Gasteiger charge is 2.10. The van der Waals surface area contributed by atoms with Gasteiger partial charge in [0.15, 0.2) is 0 Å². The Labute approximate surface area is 95.7 Å². The first-order chi connectivity index (χ1) is 6.38. The lowest BCUT2D eigenvalue weighted by atomic mass is 10.2. The van der Waals surface area contributed by atoms with Crippen molar-refractivity contribution in [3.63, 3.8) is 0 Å². The Morgan fingerprint density at radius 2 is 1.67 bits per heavy atom. The van der Waals surface area contributed by atoms with Gasteiger partial charge in [0.1, 0.15) is 6.54 Å². The van der Waals surface area contributed by atoms with E-state index in [-0.39, 0.29) is 23.0 Å². The molecule has 0 aliphatic heterocycles. The largest absolute Gasteiger partial charge is 1.00 e. The summed E-state index contributed by atoms with van der Waals surface area (Å²) in [5, 5.41) is 10.4. The fraction of sp³-hybridized carbons (Fsp3) is 0.400. The Morgan fingerprint density at radius 3 is 2.00 bits per heavy atom. The van der Waals surface area contributed by atoms with Crippen molar-refractivity contribution in [1.82, 2.24) is 0 Å². The fourth-order valence-electron chi connectivity index (χ4n) is 1.27. The Hall–Kier alpha value is -1.13. The molecule has 0 aliphatic rings. The summed E-state index contributed by atoms with van der Waals surface area (Å²) in [5.74, 6) is 0. The van der Waals surface area contributed by atoms with Gasteiger partial charge in [-0.05, 0) is 12.1 Å². The van der Waals surface area contributed by atoms with Crippen molar-refractivity contribution >= 4 is 5.69 Å². The van der Waals surface area contributed by atoms with Crippen LogP contribution < -0.4 is 12.4 Å². The van der Waals surface area contributed by atoms with E-state index in [0.717, 1.165) is 16.6 Å². The molecule has 0 atom stereocenters. The summed E-state index contributed by atoms with van der Waals surface area (Å²) in [6.07, 6.45) is 0. The smallest absolute Gasteiger partial charge is 0.269 e. The number of hydrogen-bond donors (Lipinski definition) is 0. The van der Waals surface area contributed by atoms with Crippen molar-refractivity contribution in [2.45, 2.75) is 6.54 Å². The van der Waals surface area contributed by atoms with Crippen LogP contribution in [0.15, 0.2) is 24.3 Å². The van der Waals surface area contributed by atoms with Gasteiger partial charge >= 0.3 is 0 Å². The summed E-state index contributed by atoms with van der Waals surface area (Å²) in [7, 11) is 6.25. The van der Waals surface area contributed by atoms with Crippen LogP contribution in [0.5, 0.6) is 0 Å². The first-order valence-electron chi connectivity index (χ1n) is 4.42. The second kappa shape index (κ2) is 5.09. The van der Waals surface area contributed by atoms with Gasteiger partial charge in [-0.15, -0.1) is 0 Å². The number of non-ortho nitro benzene ring substituents is 1. The third-order valence-corrected chi connectivity index (χ3v) is 1.80. The molecule has 0 bridgehead atoms. The summed E-state index contributed by atoms with van der Waals surface area (Å²) in [6.45, 7) is 0.873. The third-order valence-electron chi connectivity index (χ3n) is 1.80. The zero-order valence-electron chi connectivity index (χ0n) is 9.11. The van der Waals surface area contributed by atoms with E-state index < -0.39 is 0 Å². The number of hydrogen-bond acceptors (Lipinski definition) is 2. The normalized spacial score (nSPS) is 10.6. The van der Waals surface area contributed by atoms with Crippen molar-refractivity contribution in [2.24, 2.45) is 0 Å². The monoisotopic (exact) mass is 230 g/mol. The van der Waals surface area contributed by atoms with Gasteiger partial charge in [0.2, 0.25) is 0 Å². The highest BCUT2D eigenvalue weighted by molar-refractivity contribution is 5.32. The van der Waals surface area contributed by atoms with Crippen LogP contribution in [0.2, 0.25) is 0 Å². The molecule has 0 aliphatic carbocycles. The summed E-state index contributed by atoms with van der Waals surface area (Å²) >= 11 is 0. The predicted octanol–water partition coefficient (Wildman–Crippen LogP) is -1.19. The highest BCUT2D eigenvalue weighted by atomic mass is 35.5. The van der Waals surface area contributed by atoms with Crippen molar-refractivity contribution in [3.05, 3.63) is 39.9 Å². The molecule has 0 fully saturated rings. The van der Waals surface area contributed by atoms with Crippen LogP contribution >= 0.6 is 0 Å². The molecule has 5 heteroatoms. The molecular weight excluding hydrogens is 216 g/mol. The summed E-state index contributed by atoms with van der Waals surface area (Å²) in [4.78, 5) is 10.0. The summed E-state index contributed by atoms with van der Waals surface area (Å²) < 4.78 is 0.817. The number of benzene rings is 1. The Bertz CT molecular complexity index is 330. The minimum Gasteiger partial charge on any atom is -1.00 e. The molecule has 0 saturated heterocycles. The molecule has 0 aromatic heterocycles. The van der Waals surface area contributed by atoms with Crippen molar-refractivity contribution in [3.8, 4) is 0 Å². The summed E-state index contributed by atoms with van der Waals surface area (Å²) in [6, 6.07) is 6.71. The molecular formula is C10H15ClN2O2. The SMILES string of the molecule is C[N+](C)(C)Cc1ccc([N+](=O)[O-])cc1.[Cl-]. The molecule has 15 heavy (non-hydrogen) atoms. The number of quaternary nitrogens is 1. The zero-order chi connectivity index (χ0) is 10.8. The molecule has 0 radical (unpaired) electrons. The highest BCUT2D eigenvalue weighted by Crippen LogP contribution is 2.13. The standard InChI is InChI=1S/C10H15N2O2.ClH/c1-12(2,3)8-9-4-6-10(7-5-9)11(13)14;/h4-7H,8H2,1-3H3;1H/q+1;/p-1. The number of nitro groups is 1. The van der Waals surface area contributed by atoms with Crippen LogP contribution in [-0.4, -0.2) is 30.5 Å². The number of nitrogens with zero attached hydrogens (tertiary/aromatic N) is 2. The molecule has 1 rings (SSSR count). The lowest BCUT2D eigenvalue weighted by Gasteiger charge is -2.23. The lowest BCUT2D eigenvalue weighted by Crippen LogP contribution is -3.00. The third kappa shape index (κ3) is 4.76. The maximum Gasteiger partial charge on any atom is 0.269 e. The average Bonchev–Trinajstić information content (AvgIpc) is 2.02. The minimum atomic E-state index is -0.379. The molecule has 0 unspecified atom stereocenters. The molecule has 0 N–H and O–H groups in total. The van der Waals surface area contributed by atoms with Crippen LogP contribution in [0.25, 0.3) is 0 Å². The average molecular weight is 231 g/mol. The topological polar surface area (TPSA) is 43.1 Å². The minimum absolute atomic E-state index is 0. The van der Waals surface area contributed by atoms with Gasteiger partial charge in [0.05, 0.1) is 26.1 Å². The molecule has 84 valence electrons. The van der Waals surface area contributed by atoms with E-state index in [4.69, 9.17) is 0 Å². The van der Waals surface area contributed by atoms with Crippen LogP contribution in [-0.2, 0) is 6.54 Å². The van der Waals surface area contributed by atoms with Gasteiger partial charge in [0.25, 0.3) is 5.69 Å². The van der Waals surface area contributed by atoms with Gasteiger partial charge in [-0.25, -0.2) is 0 Å². The van der Waals surface area contributed by atoms with Gasteiger partial charge in [-0.2, -0.15) is 0 Å². The number of rotatable bonds is 3. The van der Waals surface area contributed by atoms with E-state index in [0.29, 0.717) is 0 Å². The Balaban J connectivity index is 0.00000196. The first-order valence-corrected chi connectivity index (χ1v) is 4.42. The van der Waals surface area contributed by atoms with E-state index in [2.05, 4.69) is 21.1 Å². The van der Waals surface area contributed by atoms with Crippen LogP contribution in [0.1, 0.15) is 5.56 Å². The van der Waals surface area contributed by atoms with Crippen molar-refractivity contribution in [1.29, 1.82) is 0 Å². The molecule has 4 nitrogen and oxygen atoms in total.